The molecule has 22 heteroatoms. The van der Waals surface area contributed by atoms with Gasteiger partial charge < -0.3 is 30.1 Å². The van der Waals surface area contributed by atoms with E-state index in [1.807, 2.05) is 97.2 Å². The van der Waals surface area contributed by atoms with Crippen LogP contribution in [-0.2, 0) is 128 Å². The molecule has 14 nitrogen and oxygen atoms in total. The molecule has 130 heavy (non-hydrogen) atoms. The van der Waals surface area contributed by atoms with E-state index in [0.717, 1.165) is 146 Å². The van der Waals surface area contributed by atoms with E-state index in [0.29, 0.717) is 58.1 Å². The molecule has 0 aliphatic carbocycles. The van der Waals surface area contributed by atoms with Crippen LogP contribution in [0.3, 0.4) is 0 Å². The molecule has 2 unspecified atom stereocenters. The van der Waals surface area contributed by atoms with Crippen molar-refractivity contribution in [3.8, 4) is 56.5 Å². The van der Waals surface area contributed by atoms with E-state index in [1.54, 1.807) is 60.7 Å². The Labute approximate surface area is 814 Å². The second kappa shape index (κ2) is 44.7. The molecule has 0 fully saturated rings. The van der Waals surface area contributed by atoms with Gasteiger partial charge in [0.2, 0.25) is 0 Å². The first kappa shape index (κ1) is 98.8. The molecule has 18 rings (SSSR count). The van der Waals surface area contributed by atoms with Crippen LogP contribution >= 0.6 is 0 Å². The number of para-hydroxylation sites is 4. The molecule has 12 heterocycles. The third-order valence-electron chi connectivity index (χ3n) is 23.1. The van der Waals surface area contributed by atoms with Crippen molar-refractivity contribution in [3.63, 3.8) is 0 Å². The Morgan fingerprint density at radius 3 is 1.21 bits per heavy atom. The molecule has 0 spiro atoms. The molecule has 3 aliphatic heterocycles. The van der Waals surface area contributed by atoms with Gasteiger partial charge in [-0.15, -0.1) is 46.4 Å². The second-order valence-corrected chi connectivity index (χ2v) is 31.6. The van der Waals surface area contributed by atoms with Crippen LogP contribution in [0.4, 0.5) is 28.9 Å². The average Bonchev–Trinajstić information content (AvgIpc) is 0.797. The van der Waals surface area contributed by atoms with Crippen LogP contribution in [0, 0.1) is 35.4 Å². The summed E-state index contributed by atoms with van der Waals surface area (Å²) in [6.45, 7) is 23.8. The zero-order chi connectivity index (χ0) is 88.3. The quantitative estimate of drug-likeness (QED) is 0.0577. The Balaban J connectivity index is 0.000000166. The van der Waals surface area contributed by atoms with Gasteiger partial charge >= 0.3 is 42.1 Å². The van der Waals surface area contributed by atoms with Crippen molar-refractivity contribution in [2.75, 3.05) is 0 Å². The average molecular weight is 2450 g/mol. The van der Waals surface area contributed by atoms with Crippen LogP contribution in [0.15, 0.2) is 287 Å². The summed E-state index contributed by atoms with van der Waals surface area (Å²) in [5, 5.41) is 22.4. The number of aromatic hydroxyl groups is 2. The van der Waals surface area contributed by atoms with Gasteiger partial charge in [0.15, 0.2) is 0 Å². The Bertz CT molecular complexity index is 6610. The number of allylic oxidation sites excluding steroid dienone is 2. The molecular formula is C108H94F4N12O2Pt4. The first-order valence-electron chi connectivity index (χ1n) is 42.4. The van der Waals surface area contributed by atoms with Gasteiger partial charge in [0.1, 0.15) is 11.5 Å². The van der Waals surface area contributed by atoms with Crippen molar-refractivity contribution in [3.05, 3.63) is 414 Å². The standard InChI is InChI=1S/C31H36N4.C29H24N4.C25H22N2O2.C23H12F4N2.4Pt/c1-8-23-24(9-2)30(34-28(23)16-22-14-12-13-15-32-22)18-31-26(11-4)25(10-3)29(35-31)17-27-20(6)19(5)21(7)33-27;1-18-22-11-3-5-13-24(22)32-28(18)26-15-7-9-20(30-26)17-21-10-8-16-27(31-21)29-19(2)23-12-4-6-14-25(23)33-29;1-25(2,23-15-7-11-19(26-23)17-9-3-5-13-21(17)28)24-16-8-12-20(27-24)18-10-4-6-14-22(18)29;24-14-7-9-18(20(26)11-14)22-5-1-3-16(28-22)13-17-4-2-6-23(29-17)19-10-8-15(25)12-21(19)27;;;;/h12-18H,8-11H2,1-7H3;3-16,18-19H,17H2,1-2H3;3-16,28-29H,1-2H3;1-8,11-12H,13H2;;;;/q-2;;;-2;;;2*+2. The number of phenols is 2. The molecule has 15 aromatic rings. The van der Waals surface area contributed by atoms with Gasteiger partial charge in [-0.25, -0.2) is 0 Å². The SMILES string of the molecule is CC(C)(c1cccc(-c2ccccc2O)n1)c1cccc(-c2ccccc2O)n1.CC1C(c2cccc(Cc3cccc(C4=Nc5ccccc5C4C)n3)n2)=Nc2ccccc21.CCc1c(C=C2N=C(C)C(C)=C2C)[n-]c(C=c2[n-]c(=Cc3ccccn3)c(CC)c2CC)c1CC.Fc1c[c-]c(-c2cccc(Cc3cccc(-c4[c-]cc(F)cc4F)n3)n2)c(F)c1.[Pt+2].[Pt+2].[Pt].[Pt]. The number of fused-ring (bicyclic) bond motifs is 2. The maximum absolute atomic E-state index is 14.0. The number of halogens is 4. The largest absolute Gasteiger partial charge is 2.00 e. The number of aliphatic imine (C=N–C) groups is 3. The third kappa shape index (κ3) is 22.4. The van der Waals surface area contributed by atoms with E-state index in [2.05, 4.69) is 194 Å². The number of nitrogens with zero attached hydrogens (tertiary/aromatic N) is 12. The molecule has 3 aliphatic rings. The van der Waals surface area contributed by atoms with Gasteiger partial charge in [-0.1, -0.05) is 221 Å². The normalized spacial score (nSPS) is 14.0. The van der Waals surface area contributed by atoms with Crippen molar-refractivity contribution in [1.29, 1.82) is 0 Å². The number of hydrogen-bond acceptors (Lipinski definition) is 12. The van der Waals surface area contributed by atoms with Gasteiger partial charge in [-0.3, -0.25) is 57.5 Å². The molecule has 9 aromatic heterocycles. The zero-order valence-corrected chi connectivity index (χ0v) is 82.5. The number of hydrogen-bond donors (Lipinski definition) is 2. The number of pyridine rings is 7. The van der Waals surface area contributed by atoms with Crippen LogP contribution in [0.2, 0.25) is 0 Å². The summed E-state index contributed by atoms with van der Waals surface area (Å²) < 4.78 is 54.2. The molecule has 2 atom stereocenters. The van der Waals surface area contributed by atoms with Crippen molar-refractivity contribution >= 4 is 46.7 Å². The predicted octanol–water partition coefficient (Wildman–Crippen LogP) is 22.7. The summed E-state index contributed by atoms with van der Waals surface area (Å²) in [5.74, 6) is -2.04. The van der Waals surface area contributed by atoms with E-state index in [1.165, 1.54) is 44.5 Å². The zero-order valence-electron chi connectivity index (χ0n) is 73.4. The number of phenolic OH excluding ortho intramolecular Hbond substituents is 2. The number of benzene rings is 6. The summed E-state index contributed by atoms with van der Waals surface area (Å²) in [6.07, 6.45) is 13.0. The minimum absolute atomic E-state index is 0. The monoisotopic (exact) mass is 2450 g/mol. The Morgan fingerprint density at radius 1 is 0.408 bits per heavy atom. The van der Waals surface area contributed by atoms with E-state index < -0.39 is 28.7 Å². The minimum atomic E-state index is -0.753. The summed E-state index contributed by atoms with van der Waals surface area (Å²) in [5.41, 5.74) is 29.4. The fraction of sp³-hybridized carbons (Fsp3) is 0.185. The summed E-state index contributed by atoms with van der Waals surface area (Å²) >= 11 is 0. The van der Waals surface area contributed by atoms with Crippen molar-refractivity contribution in [1.82, 2.24) is 44.9 Å². The van der Waals surface area contributed by atoms with Crippen molar-refractivity contribution in [2.45, 2.75) is 132 Å². The molecule has 0 amide bonds. The van der Waals surface area contributed by atoms with Crippen LogP contribution in [-0.4, -0.2) is 62.2 Å². The number of rotatable bonds is 19. The van der Waals surface area contributed by atoms with Crippen LogP contribution in [0.5, 0.6) is 11.5 Å². The van der Waals surface area contributed by atoms with Crippen molar-refractivity contribution in [2.24, 2.45) is 15.0 Å². The molecule has 2 N–H and O–H groups in total. The Hall–Kier alpha value is -11.8. The molecule has 0 saturated heterocycles. The molecule has 0 saturated carbocycles. The Kier molecular flexibility index (Phi) is 34.0. The first-order valence-corrected chi connectivity index (χ1v) is 42.4. The van der Waals surface area contributed by atoms with Gasteiger partial charge in [0, 0.05) is 141 Å². The summed E-state index contributed by atoms with van der Waals surface area (Å²) in [6, 6.07) is 79.8. The molecule has 6 aromatic carbocycles. The van der Waals surface area contributed by atoms with Crippen molar-refractivity contribution < 1.29 is 112 Å². The summed E-state index contributed by atoms with van der Waals surface area (Å²) in [4.78, 5) is 57.6. The maximum Gasteiger partial charge on any atom is 2.00 e. The fourth-order valence-electron chi connectivity index (χ4n) is 16.1. The van der Waals surface area contributed by atoms with Crippen LogP contribution < -0.4 is 20.7 Å². The van der Waals surface area contributed by atoms with Gasteiger partial charge in [-0.05, 0) is 203 Å². The number of aromatic nitrogens is 9. The van der Waals surface area contributed by atoms with E-state index in [4.69, 9.17) is 44.9 Å². The maximum atomic E-state index is 14.0. The molecule has 0 radical (unpaired) electrons. The molecular weight excluding hydrogens is 2350 g/mol. The van der Waals surface area contributed by atoms with E-state index in [-0.39, 0.29) is 119 Å². The van der Waals surface area contributed by atoms with Gasteiger partial charge in [-0.2, -0.15) is 0 Å². The molecule has 0 bridgehead atoms. The smallest absolute Gasteiger partial charge is 0.657 e. The minimum Gasteiger partial charge on any atom is -0.657 e. The topological polar surface area (TPSA) is 196 Å². The Morgan fingerprint density at radius 2 is 0.800 bits per heavy atom. The van der Waals surface area contributed by atoms with Gasteiger partial charge in [0.25, 0.3) is 0 Å². The predicted molar refractivity (Wildman–Crippen MR) is 495 cm³/mol. The fourth-order valence-corrected chi connectivity index (χ4v) is 16.1. The summed E-state index contributed by atoms with van der Waals surface area (Å²) in [7, 11) is 0. The second-order valence-electron chi connectivity index (χ2n) is 31.6. The third-order valence-corrected chi connectivity index (χ3v) is 23.1. The van der Waals surface area contributed by atoms with Crippen LogP contribution in [0.25, 0.3) is 63.3 Å². The van der Waals surface area contributed by atoms with E-state index >= 15 is 0 Å². The van der Waals surface area contributed by atoms with Gasteiger partial charge in [0.05, 0.1) is 68.4 Å². The van der Waals surface area contributed by atoms with E-state index in [9.17, 15) is 27.8 Å². The molecule has 666 valence electrons. The van der Waals surface area contributed by atoms with Crippen LogP contribution in [0.1, 0.15) is 184 Å². The first-order chi connectivity index (χ1) is 61.0.